The van der Waals surface area contributed by atoms with E-state index in [9.17, 15) is 14.9 Å². The Morgan fingerprint density at radius 3 is 2.88 bits per heavy atom. The first-order valence-corrected chi connectivity index (χ1v) is 5.38. The summed E-state index contributed by atoms with van der Waals surface area (Å²) in [6, 6.07) is 6.06. The number of amides is 1. The summed E-state index contributed by atoms with van der Waals surface area (Å²) < 4.78 is 0. The second-order valence-electron chi connectivity index (χ2n) is 3.51. The predicted molar refractivity (Wildman–Crippen MR) is 64.9 cm³/mol. The van der Waals surface area contributed by atoms with E-state index in [0.717, 1.165) is 6.42 Å². The van der Waals surface area contributed by atoms with Gasteiger partial charge in [0.15, 0.2) is 0 Å². The molecule has 0 aliphatic rings. The molecule has 0 heterocycles. The third-order valence-electron chi connectivity index (χ3n) is 2.08. The van der Waals surface area contributed by atoms with Crippen LogP contribution in [0.2, 0.25) is 0 Å². The van der Waals surface area contributed by atoms with Gasteiger partial charge in [-0.3, -0.25) is 14.9 Å². The van der Waals surface area contributed by atoms with Crippen molar-refractivity contribution in [1.82, 2.24) is 5.32 Å². The van der Waals surface area contributed by atoms with Crippen LogP contribution >= 0.6 is 0 Å². The van der Waals surface area contributed by atoms with Gasteiger partial charge in [0.1, 0.15) is 0 Å². The van der Waals surface area contributed by atoms with Gasteiger partial charge in [0.2, 0.25) is 5.91 Å². The van der Waals surface area contributed by atoms with Crippen molar-refractivity contribution in [3.05, 3.63) is 34.4 Å². The quantitative estimate of drug-likeness (QED) is 0.580. The minimum atomic E-state index is -0.470. The van der Waals surface area contributed by atoms with E-state index in [1.165, 1.54) is 12.1 Å². The Hall–Kier alpha value is -2.11. The van der Waals surface area contributed by atoms with E-state index in [4.69, 9.17) is 0 Å². The van der Waals surface area contributed by atoms with Crippen LogP contribution in [0.4, 0.5) is 11.4 Å². The summed E-state index contributed by atoms with van der Waals surface area (Å²) in [5.41, 5.74) is 0.565. The van der Waals surface area contributed by atoms with Crippen LogP contribution in [0.1, 0.15) is 13.3 Å². The van der Waals surface area contributed by atoms with Gasteiger partial charge in [-0.15, -0.1) is 0 Å². The molecule has 0 spiro atoms. The average Bonchev–Trinajstić information content (AvgIpc) is 2.34. The Morgan fingerprint density at radius 1 is 1.47 bits per heavy atom. The molecule has 0 aliphatic heterocycles. The van der Waals surface area contributed by atoms with Crippen LogP contribution in [0.15, 0.2) is 24.3 Å². The second kappa shape index (κ2) is 6.47. The molecule has 0 atom stereocenters. The summed E-state index contributed by atoms with van der Waals surface area (Å²) in [5.74, 6) is -0.127. The Labute approximate surface area is 99.2 Å². The lowest BCUT2D eigenvalue weighted by molar-refractivity contribution is -0.384. The standard InChI is InChI=1S/C11H15N3O3/c1-2-6-12-11(15)8-13-9-4-3-5-10(7-9)14(16)17/h3-5,7,13H,2,6,8H2,1H3,(H,12,15). The number of benzene rings is 1. The Morgan fingerprint density at radius 2 is 2.24 bits per heavy atom. The third kappa shape index (κ3) is 4.50. The summed E-state index contributed by atoms with van der Waals surface area (Å²) in [6.07, 6.45) is 0.878. The number of carbonyl (C=O) groups excluding carboxylic acids is 1. The molecule has 1 aromatic rings. The van der Waals surface area contributed by atoms with E-state index in [2.05, 4.69) is 10.6 Å². The molecule has 0 unspecified atom stereocenters. The lowest BCUT2D eigenvalue weighted by Crippen LogP contribution is -2.30. The van der Waals surface area contributed by atoms with Crippen molar-refractivity contribution in [1.29, 1.82) is 0 Å². The summed E-state index contributed by atoms with van der Waals surface area (Å²) >= 11 is 0. The van der Waals surface area contributed by atoms with Crippen LogP contribution in [0, 0.1) is 10.1 Å². The maximum Gasteiger partial charge on any atom is 0.271 e. The first-order chi connectivity index (χ1) is 8.13. The van der Waals surface area contributed by atoms with Gasteiger partial charge in [-0.1, -0.05) is 13.0 Å². The Bertz CT molecular complexity index is 407. The maximum absolute atomic E-state index is 11.3. The Balaban J connectivity index is 2.49. The first kappa shape index (κ1) is 13.0. The van der Waals surface area contributed by atoms with Gasteiger partial charge in [-0.05, 0) is 12.5 Å². The highest BCUT2D eigenvalue weighted by Crippen LogP contribution is 2.16. The van der Waals surface area contributed by atoms with E-state index >= 15 is 0 Å². The average molecular weight is 237 g/mol. The minimum Gasteiger partial charge on any atom is -0.376 e. The smallest absolute Gasteiger partial charge is 0.271 e. The molecule has 0 bridgehead atoms. The van der Waals surface area contributed by atoms with Crippen LogP contribution in [0.25, 0.3) is 0 Å². The summed E-state index contributed by atoms with van der Waals surface area (Å²) in [7, 11) is 0. The van der Waals surface area contributed by atoms with Crippen LogP contribution in [0.3, 0.4) is 0 Å². The van der Waals surface area contributed by atoms with Crippen molar-refractivity contribution in [3.8, 4) is 0 Å². The van der Waals surface area contributed by atoms with Gasteiger partial charge in [0, 0.05) is 24.4 Å². The molecule has 0 aliphatic carbocycles. The fourth-order valence-corrected chi connectivity index (χ4v) is 1.24. The van der Waals surface area contributed by atoms with Crippen LogP contribution in [0.5, 0.6) is 0 Å². The van der Waals surface area contributed by atoms with E-state index in [-0.39, 0.29) is 18.1 Å². The van der Waals surface area contributed by atoms with E-state index in [0.29, 0.717) is 12.2 Å². The molecule has 92 valence electrons. The van der Waals surface area contributed by atoms with E-state index in [1.807, 2.05) is 6.92 Å². The van der Waals surface area contributed by atoms with Gasteiger partial charge < -0.3 is 10.6 Å². The number of nitro benzene ring substituents is 1. The lowest BCUT2D eigenvalue weighted by atomic mass is 10.3. The molecular formula is C11H15N3O3. The van der Waals surface area contributed by atoms with Crippen molar-refractivity contribution in [2.24, 2.45) is 0 Å². The number of hydrogen-bond donors (Lipinski definition) is 2. The normalized spacial score (nSPS) is 9.71. The highest BCUT2D eigenvalue weighted by Gasteiger charge is 2.06. The fourth-order valence-electron chi connectivity index (χ4n) is 1.24. The van der Waals surface area contributed by atoms with Crippen molar-refractivity contribution in [2.75, 3.05) is 18.4 Å². The predicted octanol–water partition coefficient (Wildman–Crippen LogP) is 1.53. The summed E-state index contributed by atoms with van der Waals surface area (Å²) in [5, 5.41) is 16.1. The summed E-state index contributed by atoms with van der Waals surface area (Å²) in [6.45, 7) is 2.71. The van der Waals surface area contributed by atoms with E-state index in [1.54, 1.807) is 12.1 Å². The lowest BCUT2D eigenvalue weighted by Gasteiger charge is -2.06. The third-order valence-corrected chi connectivity index (χ3v) is 2.08. The van der Waals surface area contributed by atoms with Gasteiger partial charge >= 0.3 is 0 Å². The number of nitro groups is 1. The number of nitrogens with zero attached hydrogens (tertiary/aromatic N) is 1. The second-order valence-corrected chi connectivity index (χ2v) is 3.51. The zero-order valence-corrected chi connectivity index (χ0v) is 9.60. The monoisotopic (exact) mass is 237 g/mol. The number of nitrogens with one attached hydrogen (secondary N) is 2. The SMILES string of the molecule is CCCNC(=O)CNc1cccc([N+](=O)[O-])c1. The van der Waals surface area contributed by atoms with Gasteiger partial charge in [-0.2, -0.15) is 0 Å². The number of rotatable bonds is 6. The Kier molecular flexibility index (Phi) is 4.93. The highest BCUT2D eigenvalue weighted by atomic mass is 16.6. The first-order valence-electron chi connectivity index (χ1n) is 5.38. The number of anilines is 1. The van der Waals surface area contributed by atoms with Crippen molar-refractivity contribution >= 4 is 17.3 Å². The highest BCUT2D eigenvalue weighted by molar-refractivity contribution is 5.80. The molecule has 1 aromatic carbocycles. The van der Waals surface area contributed by atoms with Crippen LogP contribution in [-0.2, 0) is 4.79 Å². The maximum atomic E-state index is 11.3. The molecule has 0 fully saturated rings. The largest absolute Gasteiger partial charge is 0.376 e. The number of carbonyl (C=O) groups is 1. The molecule has 6 nitrogen and oxygen atoms in total. The summed E-state index contributed by atoms with van der Waals surface area (Å²) in [4.78, 5) is 21.3. The van der Waals surface area contributed by atoms with E-state index < -0.39 is 4.92 Å². The molecule has 1 rings (SSSR count). The fraction of sp³-hybridized carbons (Fsp3) is 0.364. The number of hydrogen-bond acceptors (Lipinski definition) is 4. The van der Waals surface area contributed by atoms with Gasteiger partial charge in [0.25, 0.3) is 5.69 Å². The van der Waals surface area contributed by atoms with Crippen molar-refractivity contribution in [3.63, 3.8) is 0 Å². The van der Waals surface area contributed by atoms with Gasteiger partial charge in [0.05, 0.1) is 11.5 Å². The number of non-ortho nitro benzene ring substituents is 1. The van der Waals surface area contributed by atoms with Crippen LogP contribution < -0.4 is 10.6 Å². The molecule has 0 radical (unpaired) electrons. The molecule has 17 heavy (non-hydrogen) atoms. The molecule has 6 heteroatoms. The zero-order chi connectivity index (χ0) is 12.7. The van der Waals surface area contributed by atoms with Crippen molar-refractivity contribution in [2.45, 2.75) is 13.3 Å². The topological polar surface area (TPSA) is 84.3 Å². The molecule has 1 amide bonds. The minimum absolute atomic E-state index is 0.00367. The van der Waals surface area contributed by atoms with Crippen LogP contribution in [-0.4, -0.2) is 23.9 Å². The molecule has 0 aromatic heterocycles. The molecule has 0 saturated carbocycles. The zero-order valence-electron chi connectivity index (χ0n) is 9.60. The van der Waals surface area contributed by atoms with Gasteiger partial charge in [-0.25, -0.2) is 0 Å². The molecule has 2 N–H and O–H groups in total. The molecular weight excluding hydrogens is 222 g/mol. The molecule has 0 saturated heterocycles. The van der Waals surface area contributed by atoms with Crippen molar-refractivity contribution < 1.29 is 9.72 Å².